The molecular formula is C9H18N2. The second-order valence-corrected chi connectivity index (χ2v) is 3.89. The van der Waals surface area contributed by atoms with E-state index in [0.717, 1.165) is 12.0 Å². The van der Waals surface area contributed by atoms with E-state index < -0.39 is 0 Å². The maximum atomic E-state index is 3.62. The van der Waals surface area contributed by atoms with Crippen LogP contribution in [0.1, 0.15) is 25.7 Å². The average molecular weight is 154 g/mol. The van der Waals surface area contributed by atoms with Gasteiger partial charge in [0, 0.05) is 12.6 Å². The van der Waals surface area contributed by atoms with Gasteiger partial charge in [0.05, 0.1) is 0 Å². The van der Waals surface area contributed by atoms with Gasteiger partial charge in [0.1, 0.15) is 0 Å². The normalized spacial score (nSPS) is 32.2. The van der Waals surface area contributed by atoms with Crippen LogP contribution in [-0.2, 0) is 0 Å². The molecule has 0 bridgehead atoms. The van der Waals surface area contributed by atoms with Crippen LogP contribution in [0.15, 0.2) is 0 Å². The van der Waals surface area contributed by atoms with E-state index in [1.807, 2.05) is 0 Å². The predicted octanol–water partition coefficient (Wildman–Crippen LogP) is 0.738. The predicted molar refractivity (Wildman–Crippen MR) is 46.6 cm³/mol. The molecule has 1 aliphatic heterocycles. The van der Waals surface area contributed by atoms with Gasteiger partial charge in [-0.1, -0.05) is 0 Å². The van der Waals surface area contributed by atoms with Crippen molar-refractivity contribution < 1.29 is 0 Å². The number of piperidine rings is 1. The summed E-state index contributed by atoms with van der Waals surface area (Å²) in [5, 5.41) is 7.04. The lowest BCUT2D eigenvalue weighted by molar-refractivity contribution is 0.385. The third kappa shape index (κ3) is 2.46. The van der Waals surface area contributed by atoms with Crippen molar-refractivity contribution in [1.29, 1.82) is 0 Å². The van der Waals surface area contributed by atoms with Crippen LogP contribution in [0.25, 0.3) is 0 Å². The van der Waals surface area contributed by atoms with Crippen molar-refractivity contribution in [2.24, 2.45) is 5.92 Å². The van der Waals surface area contributed by atoms with Crippen molar-refractivity contribution in [2.45, 2.75) is 31.7 Å². The molecule has 2 aliphatic rings. The van der Waals surface area contributed by atoms with Crippen LogP contribution in [0.4, 0.5) is 0 Å². The third-order valence-corrected chi connectivity index (χ3v) is 2.69. The molecule has 0 aromatic carbocycles. The lowest BCUT2D eigenvalue weighted by Gasteiger charge is -2.23. The number of nitrogens with one attached hydrogen (secondary N) is 2. The zero-order valence-corrected chi connectivity index (χ0v) is 7.10. The SMILES string of the molecule is C1CNCC(NCC2CC2)C1. The number of rotatable bonds is 3. The molecule has 0 amide bonds. The van der Waals surface area contributed by atoms with E-state index in [1.165, 1.54) is 45.3 Å². The van der Waals surface area contributed by atoms with E-state index >= 15 is 0 Å². The van der Waals surface area contributed by atoms with Gasteiger partial charge in [-0.25, -0.2) is 0 Å². The maximum absolute atomic E-state index is 3.62. The molecule has 2 heteroatoms. The van der Waals surface area contributed by atoms with Crippen LogP contribution in [0.5, 0.6) is 0 Å². The first-order valence-electron chi connectivity index (χ1n) is 4.89. The quantitative estimate of drug-likeness (QED) is 0.626. The molecule has 1 heterocycles. The topological polar surface area (TPSA) is 24.1 Å². The van der Waals surface area contributed by atoms with Crippen molar-refractivity contribution >= 4 is 0 Å². The first kappa shape index (κ1) is 7.56. The second kappa shape index (κ2) is 3.55. The Kier molecular flexibility index (Phi) is 2.44. The van der Waals surface area contributed by atoms with E-state index in [2.05, 4.69) is 10.6 Å². The van der Waals surface area contributed by atoms with Crippen LogP contribution >= 0.6 is 0 Å². The minimum absolute atomic E-state index is 0.768. The summed E-state index contributed by atoms with van der Waals surface area (Å²) < 4.78 is 0. The zero-order chi connectivity index (χ0) is 7.52. The minimum Gasteiger partial charge on any atom is -0.315 e. The summed E-state index contributed by atoms with van der Waals surface area (Å²) in [6, 6.07) is 0.768. The molecule has 2 nitrogen and oxygen atoms in total. The Morgan fingerprint density at radius 2 is 2.18 bits per heavy atom. The molecule has 1 saturated carbocycles. The molecule has 2 fully saturated rings. The average Bonchev–Trinajstić information content (AvgIpc) is 2.86. The summed E-state index contributed by atoms with van der Waals surface area (Å²) in [5.41, 5.74) is 0. The molecule has 1 atom stereocenters. The van der Waals surface area contributed by atoms with Crippen molar-refractivity contribution in [3.63, 3.8) is 0 Å². The number of hydrogen-bond donors (Lipinski definition) is 2. The van der Waals surface area contributed by atoms with Gasteiger partial charge in [0.25, 0.3) is 0 Å². The maximum Gasteiger partial charge on any atom is 0.0193 e. The molecule has 64 valence electrons. The Labute approximate surface area is 68.7 Å². The standard InChI is InChI=1S/C9H18N2/c1-2-9(7-10-5-1)11-6-8-3-4-8/h8-11H,1-7H2. The molecule has 1 aliphatic carbocycles. The summed E-state index contributed by atoms with van der Waals surface area (Å²) in [4.78, 5) is 0. The van der Waals surface area contributed by atoms with Crippen molar-refractivity contribution in [1.82, 2.24) is 10.6 Å². The Morgan fingerprint density at radius 3 is 2.82 bits per heavy atom. The Balaban J connectivity index is 1.59. The molecule has 11 heavy (non-hydrogen) atoms. The fourth-order valence-electron chi connectivity index (χ4n) is 1.68. The highest BCUT2D eigenvalue weighted by atomic mass is 15.0. The van der Waals surface area contributed by atoms with E-state index in [9.17, 15) is 0 Å². The summed E-state index contributed by atoms with van der Waals surface area (Å²) in [7, 11) is 0. The van der Waals surface area contributed by atoms with Crippen LogP contribution in [0, 0.1) is 5.92 Å². The fourth-order valence-corrected chi connectivity index (χ4v) is 1.68. The van der Waals surface area contributed by atoms with E-state index in [-0.39, 0.29) is 0 Å². The number of hydrogen-bond acceptors (Lipinski definition) is 2. The van der Waals surface area contributed by atoms with Gasteiger partial charge in [0.2, 0.25) is 0 Å². The van der Waals surface area contributed by atoms with Crippen molar-refractivity contribution in [3.05, 3.63) is 0 Å². The van der Waals surface area contributed by atoms with Crippen molar-refractivity contribution in [2.75, 3.05) is 19.6 Å². The van der Waals surface area contributed by atoms with Crippen LogP contribution in [-0.4, -0.2) is 25.7 Å². The van der Waals surface area contributed by atoms with E-state index in [0.29, 0.717) is 0 Å². The first-order chi connectivity index (χ1) is 5.45. The monoisotopic (exact) mass is 154 g/mol. The smallest absolute Gasteiger partial charge is 0.0193 e. The van der Waals surface area contributed by atoms with Gasteiger partial charge in [-0.05, 0) is 44.7 Å². The van der Waals surface area contributed by atoms with Crippen LogP contribution in [0.3, 0.4) is 0 Å². The zero-order valence-electron chi connectivity index (χ0n) is 7.10. The molecule has 0 spiro atoms. The van der Waals surface area contributed by atoms with Gasteiger partial charge in [0.15, 0.2) is 0 Å². The van der Waals surface area contributed by atoms with Gasteiger partial charge in [-0.15, -0.1) is 0 Å². The lowest BCUT2D eigenvalue weighted by atomic mass is 10.1. The largest absolute Gasteiger partial charge is 0.315 e. The van der Waals surface area contributed by atoms with Crippen LogP contribution in [0.2, 0.25) is 0 Å². The van der Waals surface area contributed by atoms with Crippen LogP contribution < -0.4 is 10.6 Å². The summed E-state index contributed by atoms with van der Waals surface area (Å²) >= 11 is 0. The second-order valence-electron chi connectivity index (χ2n) is 3.89. The molecule has 0 radical (unpaired) electrons. The first-order valence-corrected chi connectivity index (χ1v) is 4.89. The van der Waals surface area contributed by atoms with E-state index in [1.54, 1.807) is 0 Å². The molecule has 0 aromatic rings. The molecule has 2 rings (SSSR count). The van der Waals surface area contributed by atoms with Crippen molar-refractivity contribution in [3.8, 4) is 0 Å². The van der Waals surface area contributed by atoms with Gasteiger partial charge in [-0.2, -0.15) is 0 Å². The Bertz CT molecular complexity index is 115. The third-order valence-electron chi connectivity index (χ3n) is 2.69. The summed E-state index contributed by atoms with van der Waals surface area (Å²) in [6.45, 7) is 3.68. The summed E-state index contributed by atoms with van der Waals surface area (Å²) in [6.07, 6.45) is 5.66. The Morgan fingerprint density at radius 1 is 1.27 bits per heavy atom. The summed E-state index contributed by atoms with van der Waals surface area (Å²) in [5.74, 6) is 1.02. The molecule has 2 N–H and O–H groups in total. The van der Waals surface area contributed by atoms with Gasteiger partial charge >= 0.3 is 0 Å². The highest BCUT2D eigenvalue weighted by molar-refractivity contribution is 4.80. The molecular weight excluding hydrogens is 136 g/mol. The van der Waals surface area contributed by atoms with E-state index in [4.69, 9.17) is 0 Å². The minimum atomic E-state index is 0.768. The highest BCUT2D eigenvalue weighted by Gasteiger charge is 2.22. The lowest BCUT2D eigenvalue weighted by Crippen LogP contribution is -2.43. The molecule has 0 aromatic heterocycles. The Hall–Kier alpha value is -0.0800. The highest BCUT2D eigenvalue weighted by Crippen LogP contribution is 2.27. The van der Waals surface area contributed by atoms with Gasteiger partial charge < -0.3 is 10.6 Å². The fraction of sp³-hybridized carbons (Fsp3) is 1.00. The molecule has 1 saturated heterocycles. The van der Waals surface area contributed by atoms with Gasteiger partial charge in [-0.3, -0.25) is 0 Å². The molecule has 1 unspecified atom stereocenters.